The van der Waals surface area contributed by atoms with Gasteiger partial charge in [-0.3, -0.25) is 9.48 Å². The third-order valence-corrected chi connectivity index (χ3v) is 6.69. The minimum atomic E-state index is -0.215. The summed E-state index contributed by atoms with van der Waals surface area (Å²) in [6, 6.07) is 2.03. The molecule has 0 radical (unpaired) electrons. The molecule has 5 heterocycles. The topological polar surface area (TPSA) is 111 Å². The van der Waals surface area contributed by atoms with Crippen molar-refractivity contribution < 1.29 is 4.79 Å². The Labute approximate surface area is 204 Å². The van der Waals surface area contributed by atoms with E-state index in [2.05, 4.69) is 37.6 Å². The van der Waals surface area contributed by atoms with Gasteiger partial charge in [-0.1, -0.05) is 5.21 Å². The third-order valence-electron chi connectivity index (χ3n) is 6.69. The highest BCUT2D eigenvalue weighted by atomic mass is 16.2. The number of anilines is 1. The van der Waals surface area contributed by atoms with Crippen LogP contribution in [0.3, 0.4) is 0 Å². The quantitative estimate of drug-likeness (QED) is 0.471. The number of nitrogens with zero attached hydrogens (tertiary/aromatic N) is 9. The lowest BCUT2D eigenvalue weighted by Gasteiger charge is -2.36. The highest BCUT2D eigenvalue weighted by Gasteiger charge is 2.28. The lowest BCUT2D eigenvalue weighted by Crippen LogP contribution is -2.44. The predicted molar refractivity (Wildman–Crippen MR) is 132 cm³/mol. The Morgan fingerprint density at radius 1 is 1.14 bits per heavy atom. The van der Waals surface area contributed by atoms with Crippen molar-refractivity contribution in [2.75, 3.05) is 18.0 Å². The van der Waals surface area contributed by atoms with Crippen LogP contribution in [0.15, 0.2) is 37.1 Å². The highest BCUT2D eigenvalue weighted by Crippen LogP contribution is 2.29. The Kier molecular flexibility index (Phi) is 5.78. The minimum Gasteiger partial charge on any atom is -0.355 e. The first-order valence-corrected chi connectivity index (χ1v) is 12.0. The van der Waals surface area contributed by atoms with E-state index in [9.17, 15) is 4.79 Å². The number of carbonyl (C=O) groups is 1. The Bertz CT molecular complexity index is 1340. The summed E-state index contributed by atoms with van der Waals surface area (Å²) in [7, 11) is 1.90. The molecule has 1 fully saturated rings. The van der Waals surface area contributed by atoms with Crippen LogP contribution < -0.4 is 10.2 Å². The summed E-state index contributed by atoms with van der Waals surface area (Å²) in [4.78, 5) is 20.1. The van der Waals surface area contributed by atoms with Crippen LogP contribution in [-0.4, -0.2) is 64.4 Å². The molecule has 1 aliphatic heterocycles. The van der Waals surface area contributed by atoms with Crippen LogP contribution in [0.5, 0.6) is 0 Å². The van der Waals surface area contributed by atoms with E-state index >= 15 is 0 Å². The summed E-state index contributed by atoms with van der Waals surface area (Å²) < 4.78 is 5.37. The molecule has 0 aromatic carbocycles. The molecule has 5 rings (SSSR count). The molecule has 0 saturated carbocycles. The van der Waals surface area contributed by atoms with Gasteiger partial charge in [-0.2, -0.15) is 10.2 Å². The van der Waals surface area contributed by atoms with Crippen LogP contribution in [0.2, 0.25) is 0 Å². The van der Waals surface area contributed by atoms with Crippen molar-refractivity contribution in [1.82, 2.24) is 44.7 Å². The van der Waals surface area contributed by atoms with Crippen LogP contribution >= 0.6 is 0 Å². The highest BCUT2D eigenvalue weighted by molar-refractivity contribution is 5.92. The van der Waals surface area contributed by atoms with Crippen molar-refractivity contribution in [3.8, 4) is 11.3 Å². The normalized spacial score (nSPS) is 16.1. The van der Waals surface area contributed by atoms with Crippen molar-refractivity contribution in [3.63, 3.8) is 0 Å². The molecule has 1 N–H and O–H groups in total. The SMILES string of the molecule is CC(NC(=O)c1cn(C(C)(C)C)nn1)C1CCN(c2nc(-c3cnn(C)c3)cn3nccc23)CC1. The molecule has 35 heavy (non-hydrogen) atoms. The van der Waals surface area contributed by atoms with Crippen LogP contribution in [0.25, 0.3) is 16.8 Å². The number of nitrogens with one attached hydrogen (secondary N) is 1. The van der Waals surface area contributed by atoms with Gasteiger partial charge in [0.2, 0.25) is 0 Å². The van der Waals surface area contributed by atoms with Crippen molar-refractivity contribution in [3.05, 3.63) is 42.7 Å². The van der Waals surface area contributed by atoms with Gasteiger partial charge in [0, 0.05) is 37.9 Å². The van der Waals surface area contributed by atoms with E-state index in [4.69, 9.17) is 4.98 Å². The maximum Gasteiger partial charge on any atom is 0.273 e. The van der Waals surface area contributed by atoms with Crippen molar-refractivity contribution in [2.24, 2.45) is 13.0 Å². The molecule has 11 nitrogen and oxygen atoms in total. The second kappa shape index (κ2) is 8.79. The molecule has 0 aliphatic carbocycles. The van der Waals surface area contributed by atoms with Gasteiger partial charge < -0.3 is 10.2 Å². The van der Waals surface area contributed by atoms with E-state index in [0.29, 0.717) is 11.6 Å². The number of aromatic nitrogens is 8. The molecule has 184 valence electrons. The standard InChI is InChI=1S/C24H32N10O/c1-16(27-23(35)20-15-34(30-29-20)24(2,3)4)17-7-10-32(11-8-17)22-21-6-9-25-33(21)14-19(28-22)18-12-26-31(5)13-18/h6,9,12-17H,7-8,10-11H2,1-5H3,(H,27,35). The van der Waals surface area contributed by atoms with E-state index in [0.717, 1.165) is 48.5 Å². The van der Waals surface area contributed by atoms with Crippen LogP contribution in [0, 0.1) is 5.92 Å². The molecule has 4 aromatic rings. The number of piperidine rings is 1. The Morgan fingerprint density at radius 3 is 2.57 bits per heavy atom. The number of hydrogen-bond acceptors (Lipinski definition) is 7. The van der Waals surface area contributed by atoms with Crippen LogP contribution in [0.1, 0.15) is 51.0 Å². The van der Waals surface area contributed by atoms with E-state index in [1.54, 1.807) is 21.8 Å². The van der Waals surface area contributed by atoms with Crippen molar-refractivity contribution in [2.45, 2.75) is 52.1 Å². The van der Waals surface area contributed by atoms with Gasteiger partial charge in [0.25, 0.3) is 5.91 Å². The first-order chi connectivity index (χ1) is 16.7. The average Bonchev–Trinajstić information content (AvgIpc) is 3.58. The molecule has 1 amide bonds. The summed E-state index contributed by atoms with van der Waals surface area (Å²) in [5.41, 5.74) is 2.92. The lowest BCUT2D eigenvalue weighted by atomic mass is 9.90. The molecule has 1 atom stereocenters. The van der Waals surface area contributed by atoms with Gasteiger partial charge in [-0.15, -0.1) is 5.10 Å². The molecule has 1 unspecified atom stereocenters. The number of amides is 1. The maximum absolute atomic E-state index is 12.8. The Morgan fingerprint density at radius 2 is 1.91 bits per heavy atom. The van der Waals surface area contributed by atoms with E-state index in [1.807, 2.05) is 57.0 Å². The Hall–Kier alpha value is -3.76. The van der Waals surface area contributed by atoms with Crippen molar-refractivity contribution >= 4 is 17.2 Å². The van der Waals surface area contributed by atoms with Gasteiger partial charge in [0.15, 0.2) is 11.5 Å². The monoisotopic (exact) mass is 476 g/mol. The molecule has 1 saturated heterocycles. The van der Waals surface area contributed by atoms with E-state index in [-0.39, 0.29) is 17.5 Å². The van der Waals surface area contributed by atoms with Gasteiger partial charge in [-0.05, 0) is 52.5 Å². The molecule has 11 heteroatoms. The minimum absolute atomic E-state index is 0.0362. The zero-order valence-electron chi connectivity index (χ0n) is 20.9. The number of aryl methyl sites for hydroxylation is 1. The van der Waals surface area contributed by atoms with Gasteiger partial charge >= 0.3 is 0 Å². The number of hydrogen-bond donors (Lipinski definition) is 1. The van der Waals surface area contributed by atoms with E-state index < -0.39 is 0 Å². The zero-order chi connectivity index (χ0) is 24.7. The zero-order valence-corrected chi connectivity index (χ0v) is 20.9. The summed E-state index contributed by atoms with van der Waals surface area (Å²) >= 11 is 0. The van der Waals surface area contributed by atoms with Gasteiger partial charge in [0.1, 0.15) is 5.52 Å². The van der Waals surface area contributed by atoms with Crippen LogP contribution in [0.4, 0.5) is 5.82 Å². The lowest BCUT2D eigenvalue weighted by molar-refractivity contribution is 0.0917. The second-order valence-electron chi connectivity index (χ2n) is 10.3. The summed E-state index contributed by atoms with van der Waals surface area (Å²) in [5.74, 6) is 1.12. The predicted octanol–water partition coefficient (Wildman–Crippen LogP) is 2.51. The maximum atomic E-state index is 12.8. The fourth-order valence-corrected chi connectivity index (χ4v) is 4.54. The number of rotatable bonds is 5. The van der Waals surface area contributed by atoms with Crippen LogP contribution in [-0.2, 0) is 12.6 Å². The summed E-state index contributed by atoms with van der Waals surface area (Å²) in [5, 5.41) is 20.0. The number of carbonyl (C=O) groups excluding carboxylic acids is 1. The second-order valence-corrected chi connectivity index (χ2v) is 10.3. The molecule has 0 bridgehead atoms. The molecule has 0 spiro atoms. The summed E-state index contributed by atoms with van der Waals surface area (Å²) in [6.45, 7) is 9.87. The molecule has 1 aliphatic rings. The molecular formula is C24H32N10O. The Balaban J connectivity index is 1.26. The number of fused-ring (bicyclic) bond motifs is 1. The smallest absolute Gasteiger partial charge is 0.273 e. The largest absolute Gasteiger partial charge is 0.355 e. The average molecular weight is 477 g/mol. The third kappa shape index (κ3) is 4.62. The summed E-state index contributed by atoms with van der Waals surface area (Å²) in [6.07, 6.45) is 11.1. The fourth-order valence-electron chi connectivity index (χ4n) is 4.54. The van der Waals surface area contributed by atoms with E-state index in [1.165, 1.54) is 0 Å². The first kappa shape index (κ1) is 23.0. The molecule has 4 aromatic heterocycles. The van der Waals surface area contributed by atoms with Gasteiger partial charge in [0.05, 0.1) is 36.0 Å². The van der Waals surface area contributed by atoms with Gasteiger partial charge in [-0.25, -0.2) is 14.2 Å². The van der Waals surface area contributed by atoms with Crippen molar-refractivity contribution in [1.29, 1.82) is 0 Å². The first-order valence-electron chi connectivity index (χ1n) is 12.0. The molecular weight excluding hydrogens is 444 g/mol. The fraction of sp³-hybridized carbons (Fsp3) is 0.500.